The van der Waals surface area contributed by atoms with E-state index in [2.05, 4.69) is 30.7 Å². The average Bonchev–Trinajstić information content (AvgIpc) is 2.83. The van der Waals surface area contributed by atoms with E-state index in [1.54, 1.807) is 11.3 Å². The Balaban J connectivity index is 1.97. The number of thiazole rings is 1. The molecule has 0 unspecified atom stereocenters. The summed E-state index contributed by atoms with van der Waals surface area (Å²) in [6.07, 6.45) is 0.778. The molecular formula is C12H19N7OS. The smallest absolute Gasteiger partial charge is 0.323 e. The molecule has 114 valence electrons. The van der Waals surface area contributed by atoms with E-state index >= 15 is 0 Å². The lowest BCUT2D eigenvalue weighted by Crippen LogP contribution is -2.17. The van der Waals surface area contributed by atoms with Gasteiger partial charge in [0.15, 0.2) is 0 Å². The first-order valence-electron chi connectivity index (χ1n) is 6.61. The van der Waals surface area contributed by atoms with E-state index in [9.17, 15) is 0 Å². The number of hydrogen-bond donors (Lipinski definition) is 3. The van der Waals surface area contributed by atoms with Gasteiger partial charge in [0.1, 0.15) is 0 Å². The minimum absolute atomic E-state index is 0.0239. The number of nitrogens with two attached hydrogens (primary N) is 1. The first-order chi connectivity index (χ1) is 10.1. The van der Waals surface area contributed by atoms with Crippen LogP contribution in [0.3, 0.4) is 0 Å². The highest BCUT2D eigenvalue weighted by Crippen LogP contribution is 2.13. The van der Waals surface area contributed by atoms with Crippen molar-refractivity contribution in [2.75, 3.05) is 17.3 Å². The molecule has 0 amide bonds. The molecule has 0 saturated heterocycles. The van der Waals surface area contributed by atoms with Crippen LogP contribution in [-0.2, 0) is 6.42 Å². The van der Waals surface area contributed by atoms with Crippen LogP contribution in [0.4, 0.5) is 11.9 Å². The SMILES string of the molecule is Cc1csc(CCNc2nc(NN)nc(OC(C)C)n2)n1. The monoisotopic (exact) mass is 309 g/mol. The molecule has 21 heavy (non-hydrogen) atoms. The number of nitrogen functional groups attached to an aromatic ring is 1. The average molecular weight is 309 g/mol. The van der Waals surface area contributed by atoms with Crippen LogP contribution in [0, 0.1) is 6.92 Å². The predicted octanol–water partition coefficient (Wildman–Crippen LogP) is 1.36. The second-order valence-corrected chi connectivity index (χ2v) is 5.58. The Morgan fingerprint density at radius 3 is 2.62 bits per heavy atom. The Kier molecular flexibility index (Phi) is 5.23. The van der Waals surface area contributed by atoms with Gasteiger partial charge < -0.3 is 10.1 Å². The number of nitrogens with one attached hydrogen (secondary N) is 2. The van der Waals surface area contributed by atoms with Crippen molar-refractivity contribution in [3.8, 4) is 6.01 Å². The Morgan fingerprint density at radius 2 is 2.00 bits per heavy atom. The Bertz CT molecular complexity index is 587. The number of aryl methyl sites for hydroxylation is 1. The number of anilines is 2. The summed E-state index contributed by atoms with van der Waals surface area (Å²) in [4.78, 5) is 16.8. The fourth-order valence-corrected chi connectivity index (χ4v) is 2.34. The molecule has 2 rings (SSSR count). The van der Waals surface area contributed by atoms with E-state index in [0.717, 1.165) is 17.1 Å². The van der Waals surface area contributed by atoms with Crippen molar-refractivity contribution in [1.29, 1.82) is 0 Å². The van der Waals surface area contributed by atoms with Crippen molar-refractivity contribution in [3.05, 3.63) is 16.1 Å². The van der Waals surface area contributed by atoms with E-state index in [-0.39, 0.29) is 18.1 Å². The van der Waals surface area contributed by atoms with Crippen LogP contribution in [-0.4, -0.2) is 32.6 Å². The molecule has 0 aliphatic rings. The van der Waals surface area contributed by atoms with Gasteiger partial charge in [0.05, 0.1) is 11.1 Å². The molecule has 0 aromatic carbocycles. The first kappa shape index (κ1) is 15.4. The summed E-state index contributed by atoms with van der Waals surface area (Å²) in [5.41, 5.74) is 3.44. The number of ether oxygens (including phenoxy) is 1. The molecule has 0 radical (unpaired) electrons. The normalized spacial score (nSPS) is 10.7. The second kappa shape index (κ2) is 7.14. The zero-order valence-corrected chi connectivity index (χ0v) is 13.1. The third kappa shape index (κ3) is 4.80. The van der Waals surface area contributed by atoms with Crippen molar-refractivity contribution in [2.24, 2.45) is 5.84 Å². The number of hydrazine groups is 1. The highest BCUT2D eigenvalue weighted by molar-refractivity contribution is 7.09. The van der Waals surface area contributed by atoms with Gasteiger partial charge in [-0.3, -0.25) is 5.43 Å². The number of nitrogens with zero attached hydrogens (tertiary/aromatic N) is 4. The van der Waals surface area contributed by atoms with Crippen LogP contribution >= 0.6 is 11.3 Å². The maximum atomic E-state index is 5.46. The quantitative estimate of drug-likeness (QED) is 0.519. The van der Waals surface area contributed by atoms with E-state index in [1.807, 2.05) is 26.2 Å². The van der Waals surface area contributed by atoms with Gasteiger partial charge in [-0.05, 0) is 20.8 Å². The lowest BCUT2D eigenvalue weighted by Gasteiger charge is -2.10. The van der Waals surface area contributed by atoms with Crippen LogP contribution in [0.5, 0.6) is 6.01 Å². The van der Waals surface area contributed by atoms with Gasteiger partial charge in [0.2, 0.25) is 11.9 Å². The van der Waals surface area contributed by atoms with Crippen LogP contribution in [0.2, 0.25) is 0 Å². The van der Waals surface area contributed by atoms with Gasteiger partial charge in [-0.2, -0.15) is 15.0 Å². The van der Waals surface area contributed by atoms with E-state index in [4.69, 9.17) is 10.6 Å². The molecule has 4 N–H and O–H groups in total. The molecule has 0 aliphatic heterocycles. The fourth-order valence-electron chi connectivity index (χ4n) is 1.56. The topological polar surface area (TPSA) is 111 Å². The molecule has 8 nitrogen and oxygen atoms in total. The van der Waals surface area contributed by atoms with Crippen molar-refractivity contribution >= 4 is 23.2 Å². The van der Waals surface area contributed by atoms with E-state index in [1.165, 1.54) is 0 Å². The summed E-state index contributed by atoms with van der Waals surface area (Å²) >= 11 is 1.64. The molecule has 0 aliphatic carbocycles. The molecule has 0 atom stereocenters. The van der Waals surface area contributed by atoms with Crippen molar-refractivity contribution < 1.29 is 4.74 Å². The van der Waals surface area contributed by atoms with Crippen LogP contribution in [0.25, 0.3) is 0 Å². The maximum Gasteiger partial charge on any atom is 0.323 e. The minimum atomic E-state index is -0.0239. The number of hydrogen-bond acceptors (Lipinski definition) is 9. The summed E-state index contributed by atoms with van der Waals surface area (Å²) in [6.45, 7) is 6.45. The lowest BCUT2D eigenvalue weighted by molar-refractivity contribution is 0.222. The lowest BCUT2D eigenvalue weighted by atomic mass is 10.4. The van der Waals surface area contributed by atoms with Crippen LogP contribution in [0.15, 0.2) is 5.38 Å². The molecule has 0 bridgehead atoms. The Hall–Kier alpha value is -2.00. The first-order valence-corrected chi connectivity index (χ1v) is 7.49. The highest BCUT2D eigenvalue weighted by Gasteiger charge is 2.08. The van der Waals surface area contributed by atoms with Gasteiger partial charge >= 0.3 is 6.01 Å². The van der Waals surface area contributed by atoms with Crippen LogP contribution in [0.1, 0.15) is 24.5 Å². The molecule has 2 aromatic heterocycles. The Labute approximate surface area is 127 Å². The molecule has 0 saturated carbocycles. The van der Waals surface area contributed by atoms with E-state index in [0.29, 0.717) is 12.5 Å². The predicted molar refractivity (Wildman–Crippen MR) is 82.4 cm³/mol. The summed E-state index contributed by atoms with van der Waals surface area (Å²) in [5, 5.41) is 6.22. The highest BCUT2D eigenvalue weighted by atomic mass is 32.1. The van der Waals surface area contributed by atoms with Crippen molar-refractivity contribution in [3.63, 3.8) is 0 Å². The molecular weight excluding hydrogens is 290 g/mol. The van der Waals surface area contributed by atoms with Gasteiger partial charge in [-0.25, -0.2) is 10.8 Å². The molecule has 2 aromatic rings. The van der Waals surface area contributed by atoms with Gasteiger partial charge in [0.25, 0.3) is 0 Å². The number of rotatable bonds is 7. The Morgan fingerprint density at radius 1 is 1.24 bits per heavy atom. The van der Waals surface area contributed by atoms with Gasteiger partial charge in [0, 0.05) is 24.0 Å². The standard InChI is InChI=1S/C12H19N7OS/c1-7(2)20-12-17-10(16-11(18-12)19-13)14-5-4-9-15-8(3)6-21-9/h6-7H,4-5,13H2,1-3H3,(H2,14,16,17,18,19). The van der Waals surface area contributed by atoms with E-state index < -0.39 is 0 Å². The summed E-state index contributed by atoms with van der Waals surface area (Å²) in [5.74, 6) is 6.02. The van der Waals surface area contributed by atoms with Crippen molar-refractivity contribution in [2.45, 2.75) is 33.3 Å². The largest absolute Gasteiger partial charge is 0.461 e. The zero-order chi connectivity index (χ0) is 15.2. The molecule has 2 heterocycles. The molecule has 9 heteroatoms. The summed E-state index contributed by atoms with van der Waals surface area (Å²) in [6, 6.07) is 0.237. The minimum Gasteiger partial charge on any atom is -0.461 e. The molecule has 0 fully saturated rings. The summed E-state index contributed by atoms with van der Waals surface area (Å²) < 4.78 is 5.46. The third-order valence-corrected chi connectivity index (χ3v) is 3.40. The third-order valence-electron chi connectivity index (χ3n) is 2.37. The maximum absolute atomic E-state index is 5.46. The van der Waals surface area contributed by atoms with Gasteiger partial charge in [-0.1, -0.05) is 0 Å². The van der Waals surface area contributed by atoms with Gasteiger partial charge in [-0.15, -0.1) is 11.3 Å². The summed E-state index contributed by atoms with van der Waals surface area (Å²) in [7, 11) is 0. The second-order valence-electron chi connectivity index (χ2n) is 4.64. The fraction of sp³-hybridized carbons (Fsp3) is 0.500. The molecule has 0 spiro atoms. The van der Waals surface area contributed by atoms with Crippen LogP contribution < -0.4 is 21.3 Å². The zero-order valence-electron chi connectivity index (χ0n) is 12.3. The van der Waals surface area contributed by atoms with Crippen molar-refractivity contribution in [1.82, 2.24) is 19.9 Å². The number of aromatic nitrogens is 4.